The highest BCUT2D eigenvalue weighted by Gasteiger charge is 2.22. The Balaban J connectivity index is 0.000000167. The summed E-state index contributed by atoms with van der Waals surface area (Å²) in [7, 11) is 18.6. The van der Waals surface area contributed by atoms with Crippen LogP contribution in [-0.2, 0) is 47.3 Å². The van der Waals surface area contributed by atoms with E-state index in [4.69, 9.17) is 4.42 Å². The van der Waals surface area contributed by atoms with E-state index in [0.29, 0.717) is 0 Å². The topological polar surface area (TPSA) is 51.1 Å². The molecule has 0 aliphatic carbocycles. The van der Waals surface area contributed by atoms with Crippen molar-refractivity contribution in [3.8, 4) is 0 Å². The molecule has 10 aromatic rings. The molecule has 0 bridgehead atoms. The maximum Gasteiger partial charge on any atom is 0.412 e. The number of para-hydroxylation sites is 2. The third kappa shape index (κ3) is 19.4. The molecule has 436 valence electrons. The summed E-state index contributed by atoms with van der Waals surface area (Å²) in [5.41, 5.74) is 13.0. The highest BCUT2D eigenvalue weighted by Crippen LogP contribution is 2.23. The number of nitrogens with zero attached hydrogens (tertiary/aromatic N) is 10. The molecule has 0 spiro atoms. The van der Waals surface area contributed by atoms with Gasteiger partial charge in [-0.1, -0.05) is 96.7 Å². The van der Waals surface area contributed by atoms with Gasteiger partial charge in [-0.3, -0.25) is 0 Å². The summed E-state index contributed by atoms with van der Waals surface area (Å²) in [5, 5.41) is 3.54. The van der Waals surface area contributed by atoms with E-state index in [9.17, 15) is 0 Å². The van der Waals surface area contributed by atoms with Crippen molar-refractivity contribution in [2.75, 3.05) is 74.2 Å². The van der Waals surface area contributed by atoms with Gasteiger partial charge in [0.05, 0.1) is 31.4 Å². The SMILES string of the molecule is CC[n+]1c(SCC[n+]2ccc(/C=C/c3ccc(N(C)C)cc3)cc2)oc2ccccc21.CN(C)c1ccc(/C=C/c2cc[n+](CCSc3cccc[n+]3C)cc2)cc1.CN(C)c1ccc(/C=C/c2cc[n+](CCSc3n(C)cc[n+]3C)cc2)cc1. The predicted octanol–water partition coefficient (Wildman–Crippen LogP) is 12.0. The minimum absolute atomic E-state index is 0.908. The van der Waals surface area contributed by atoms with Crippen molar-refractivity contribution in [1.29, 1.82) is 0 Å². The molecule has 10 rings (SSSR count). The molecule has 0 aliphatic heterocycles. The van der Waals surface area contributed by atoms with Crippen molar-refractivity contribution >= 4 is 99.9 Å². The van der Waals surface area contributed by atoms with E-state index in [1.54, 1.807) is 11.8 Å². The lowest BCUT2D eigenvalue weighted by molar-refractivity contribution is -0.713. The van der Waals surface area contributed by atoms with Gasteiger partial charge in [-0.2, -0.15) is 9.13 Å². The molecule has 4 aromatic carbocycles. The number of oxazole rings is 1. The molecule has 6 heterocycles. The molecule has 0 N–H and O–H groups in total. The lowest BCUT2D eigenvalue weighted by Crippen LogP contribution is -2.35. The zero-order chi connectivity index (χ0) is 59.9. The smallest absolute Gasteiger partial charge is 0.393 e. The van der Waals surface area contributed by atoms with Gasteiger partial charge < -0.3 is 19.1 Å². The highest BCUT2D eigenvalue weighted by atomic mass is 32.2. The van der Waals surface area contributed by atoms with E-state index in [1.807, 2.05) is 35.7 Å². The summed E-state index contributed by atoms with van der Waals surface area (Å²) < 4.78 is 21.5. The first-order valence-electron chi connectivity index (χ1n) is 28.9. The van der Waals surface area contributed by atoms with Crippen molar-refractivity contribution < 1.29 is 31.8 Å². The predicted molar refractivity (Wildman–Crippen MR) is 357 cm³/mol. The Morgan fingerprint density at radius 1 is 0.424 bits per heavy atom. The molecule has 6 aromatic heterocycles. The normalized spacial score (nSPS) is 11.3. The fourth-order valence-electron chi connectivity index (χ4n) is 9.01. The second-order valence-electron chi connectivity index (χ2n) is 21.1. The first kappa shape index (κ1) is 62.9. The zero-order valence-electron chi connectivity index (χ0n) is 51.1. The van der Waals surface area contributed by atoms with Gasteiger partial charge in [0.2, 0.25) is 10.6 Å². The monoisotopic (exact) mass is 1190 g/mol. The number of benzene rings is 4. The van der Waals surface area contributed by atoms with Gasteiger partial charge in [0.1, 0.15) is 19.4 Å². The Kier molecular flexibility index (Phi) is 23.8. The largest absolute Gasteiger partial charge is 0.412 e. The number of thioether (sulfide) groups is 3. The molecule has 0 atom stereocenters. The van der Waals surface area contributed by atoms with Crippen molar-refractivity contribution in [1.82, 2.24) is 4.57 Å². The summed E-state index contributed by atoms with van der Waals surface area (Å²) in [6.45, 7) is 5.98. The van der Waals surface area contributed by atoms with Crippen LogP contribution in [0.15, 0.2) is 227 Å². The van der Waals surface area contributed by atoms with Crippen LogP contribution in [0, 0.1) is 0 Å². The van der Waals surface area contributed by atoms with Crippen molar-refractivity contribution in [2.45, 2.75) is 48.5 Å². The molecule has 0 radical (unpaired) electrons. The molecular weight excluding hydrogens is 1110 g/mol. The molecule has 0 aliphatic rings. The number of rotatable bonds is 22. The Hall–Kier alpha value is -8.17. The Morgan fingerprint density at radius 3 is 1.20 bits per heavy atom. The van der Waals surface area contributed by atoms with Crippen LogP contribution in [0.2, 0.25) is 0 Å². The molecule has 0 amide bonds. The summed E-state index contributed by atoms with van der Waals surface area (Å²) in [6.07, 6.45) is 32.1. The summed E-state index contributed by atoms with van der Waals surface area (Å²) in [6, 6.07) is 53.2. The fourth-order valence-corrected chi connectivity index (χ4v) is 12.0. The highest BCUT2D eigenvalue weighted by molar-refractivity contribution is 7.99. The van der Waals surface area contributed by atoms with Gasteiger partial charge in [-0.05, 0) is 112 Å². The molecule has 85 heavy (non-hydrogen) atoms. The van der Waals surface area contributed by atoms with Gasteiger partial charge in [0.25, 0.3) is 5.52 Å². The second-order valence-corrected chi connectivity index (χ2v) is 24.4. The number of imidazole rings is 1. The molecule has 0 unspecified atom stereocenters. The molecule has 14 heteroatoms. The number of anilines is 3. The van der Waals surface area contributed by atoms with Gasteiger partial charge in [-0.25, -0.2) is 22.8 Å². The van der Waals surface area contributed by atoms with Crippen LogP contribution in [0.5, 0.6) is 0 Å². The third-order valence-electron chi connectivity index (χ3n) is 14.2. The van der Waals surface area contributed by atoms with Gasteiger partial charge in [0.15, 0.2) is 69.6 Å². The third-order valence-corrected chi connectivity index (χ3v) is 17.4. The van der Waals surface area contributed by atoms with Crippen LogP contribution < -0.4 is 42.1 Å². The fraction of sp³-hybridized carbons (Fsp3) is 0.239. The van der Waals surface area contributed by atoms with Crippen LogP contribution in [0.1, 0.15) is 40.3 Å². The quantitative estimate of drug-likeness (QED) is 0.0495. The average molecular weight is 1190 g/mol. The van der Waals surface area contributed by atoms with Crippen molar-refractivity contribution in [2.24, 2.45) is 21.1 Å². The van der Waals surface area contributed by atoms with E-state index in [-0.39, 0.29) is 0 Å². The molecule has 0 fully saturated rings. The van der Waals surface area contributed by atoms with Crippen molar-refractivity contribution in [3.63, 3.8) is 0 Å². The minimum atomic E-state index is 0.908. The number of aryl methyl sites for hydroxylation is 7. The maximum absolute atomic E-state index is 6.05. The number of pyridine rings is 4. The minimum Gasteiger partial charge on any atom is -0.393 e. The standard InChI is InChI=1S/C26H29N3OS.C23H27N3S.C22H28N4S/c1-4-29-24-7-5-6-8-25(24)30-26(29)31-20-19-28-17-15-22(16-18-28)10-9-21-11-13-23(14-12-21)27(2)3;1-24(2)22-11-9-20(10-12-22)7-8-21-13-16-26(17-14-21)18-19-27-23-6-4-5-15-25(23)3;1-23(2)21-9-7-19(8-10-21)5-6-20-11-13-26(14-12-20)17-18-27-22-24(3)15-16-25(22)4/h5-18H,4,19-20H2,1-3H3;4-17H,18-19H2,1-3H3;5-16H,17-18H2,1-4H3/q3*+2. The Labute approximate surface area is 517 Å². The van der Waals surface area contributed by atoms with Gasteiger partial charge in [0, 0.05) is 114 Å². The van der Waals surface area contributed by atoms with E-state index >= 15 is 0 Å². The summed E-state index contributed by atoms with van der Waals surface area (Å²) >= 11 is 5.52. The Bertz CT molecular complexity index is 3700. The molecule has 11 nitrogen and oxygen atoms in total. The van der Waals surface area contributed by atoms with Crippen molar-refractivity contribution in [3.05, 3.63) is 241 Å². The molecule has 0 saturated carbocycles. The van der Waals surface area contributed by atoms with E-state index in [1.165, 1.54) is 60.6 Å². The van der Waals surface area contributed by atoms with Crippen LogP contribution in [0.4, 0.5) is 17.1 Å². The number of aromatic nitrogens is 7. The van der Waals surface area contributed by atoms with Crippen LogP contribution >= 0.6 is 35.3 Å². The van der Waals surface area contributed by atoms with Gasteiger partial charge in [-0.15, -0.1) is 0 Å². The van der Waals surface area contributed by atoms with E-state index in [2.05, 4.69) is 349 Å². The summed E-state index contributed by atoms with van der Waals surface area (Å²) in [4.78, 5) is 6.33. The van der Waals surface area contributed by atoms with Crippen LogP contribution in [0.25, 0.3) is 47.6 Å². The number of hydrogen-bond donors (Lipinski definition) is 0. The van der Waals surface area contributed by atoms with Crippen LogP contribution in [-0.4, -0.2) is 64.1 Å². The van der Waals surface area contributed by atoms with E-state index in [0.717, 1.165) is 59.8 Å². The number of hydrogen-bond acceptors (Lipinski definition) is 7. The summed E-state index contributed by atoms with van der Waals surface area (Å²) in [5.74, 6) is 3.05. The van der Waals surface area contributed by atoms with E-state index < -0.39 is 0 Å². The maximum atomic E-state index is 6.05. The lowest BCUT2D eigenvalue weighted by atomic mass is 10.1. The zero-order valence-corrected chi connectivity index (χ0v) is 53.6. The average Bonchev–Trinajstić information content (AvgIpc) is 4.25. The first-order chi connectivity index (χ1) is 41.3. The molecule has 0 saturated heterocycles. The second kappa shape index (κ2) is 32.2. The Morgan fingerprint density at radius 2 is 0.812 bits per heavy atom. The van der Waals surface area contributed by atoms with Gasteiger partial charge >= 0.3 is 10.4 Å². The van der Waals surface area contributed by atoms with Crippen LogP contribution in [0.3, 0.4) is 0 Å². The lowest BCUT2D eigenvalue weighted by Gasteiger charge is -2.11. The molecular formula is C71H84N10OS3+6. The first-order valence-corrected chi connectivity index (χ1v) is 31.8. The number of fused-ring (bicyclic) bond motifs is 1.